The second kappa shape index (κ2) is 7.97. The van der Waals surface area contributed by atoms with E-state index in [1.54, 1.807) is 6.07 Å². The number of hydrogen-bond donors (Lipinski definition) is 1. The third-order valence-corrected chi connectivity index (χ3v) is 4.87. The van der Waals surface area contributed by atoms with Crippen LogP contribution in [0.15, 0.2) is 51.8 Å². The summed E-state index contributed by atoms with van der Waals surface area (Å²) in [5.41, 5.74) is 2.28. The highest BCUT2D eigenvalue weighted by Crippen LogP contribution is 2.22. The molecule has 0 aliphatic carbocycles. The summed E-state index contributed by atoms with van der Waals surface area (Å²) in [5.74, 6) is 0.759. The van der Waals surface area contributed by atoms with E-state index in [0.29, 0.717) is 6.04 Å². The maximum atomic E-state index is 13.4. The Hall–Kier alpha value is -0.840. The predicted molar refractivity (Wildman–Crippen MR) is 92.6 cm³/mol. The molecule has 0 heterocycles. The lowest BCUT2D eigenvalue weighted by Gasteiger charge is -2.16. The van der Waals surface area contributed by atoms with Crippen LogP contribution in [0.4, 0.5) is 4.39 Å². The van der Waals surface area contributed by atoms with E-state index in [0.717, 1.165) is 22.2 Å². The Morgan fingerprint density at radius 3 is 2.71 bits per heavy atom. The molecule has 1 N–H and O–H groups in total. The number of likely N-dealkylation sites (N-methyl/N-ethyl adjacent to an activating group) is 1. The van der Waals surface area contributed by atoms with Crippen molar-refractivity contribution in [3.05, 3.63) is 63.9 Å². The minimum Gasteiger partial charge on any atom is -0.316 e. The predicted octanol–water partition coefficient (Wildman–Crippen LogP) is 4.82. The minimum atomic E-state index is -0.194. The summed E-state index contributed by atoms with van der Waals surface area (Å²) in [6, 6.07) is 13.9. The summed E-state index contributed by atoms with van der Waals surface area (Å²) in [7, 11) is 1.95. The summed E-state index contributed by atoms with van der Waals surface area (Å²) in [6.07, 6.45) is 0.811. The van der Waals surface area contributed by atoms with Crippen LogP contribution in [0.2, 0.25) is 0 Å². The normalized spacial score (nSPS) is 12.4. The summed E-state index contributed by atoms with van der Waals surface area (Å²) < 4.78 is 14.2. The third-order valence-electron chi connectivity index (χ3n) is 3.25. The molecule has 21 heavy (non-hydrogen) atoms. The summed E-state index contributed by atoms with van der Waals surface area (Å²) >= 11 is 5.17. The van der Waals surface area contributed by atoms with Gasteiger partial charge in [0.05, 0.1) is 0 Å². The van der Waals surface area contributed by atoms with E-state index in [-0.39, 0.29) is 5.82 Å². The average molecular weight is 368 g/mol. The maximum Gasteiger partial charge on any atom is 0.124 e. The van der Waals surface area contributed by atoms with Gasteiger partial charge in [-0.25, -0.2) is 4.39 Å². The molecule has 0 radical (unpaired) electrons. The first-order valence-electron chi connectivity index (χ1n) is 6.88. The van der Waals surface area contributed by atoms with Gasteiger partial charge in [0.2, 0.25) is 0 Å². The van der Waals surface area contributed by atoms with E-state index in [1.165, 1.54) is 16.5 Å². The highest BCUT2D eigenvalue weighted by atomic mass is 79.9. The van der Waals surface area contributed by atoms with Crippen LogP contribution in [0.1, 0.15) is 11.1 Å². The second-order valence-corrected chi connectivity index (χ2v) is 7.10. The molecule has 0 amide bonds. The topological polar surface area (TPSA) is 12.0 Å². The Kier molecular flexibility index (Phi) is 6.27. The molecule has 0 aliphatic heterocycles. The van der Waals surface area contributed by atoms with E-state index >= 15 is 0 Å². The van der Waals surface area contributed by atoms with Crippen molar-refractivity contribution in [2.75, 3.05) is 12.8 Å². The fourth-order valence-corrected chi connectivity index (χ4v) is 3.79. The first kappa shape index (κ1) is 16.5. The van der Waals surface area contributed by atoms with Crippen LogP contribution < -0.4 is 5.32 Å². The van der Waals surface area contributed by atoms with Gasteiger partial charge in [-0.05, 0) is 56.3 Å². The highest BCUT2D eigenvalue weighted by molar-refractivity contribution is 9.10. The molecule has 0 saturated heterocycles. The van der Waals surface area contributed by atoms with Crippen LogP contribution in [0.3, 0.4) is 0 Å². The van der Waals surface area contributed by atoms with Gasteiger partial charge in [0, 0.05) is 21.2 Å². The fraction of sp³-hybridized carbons (Fsp3) is 0.294. The lowest BCUT2D eigenvalue weighted by molar-refractivity contribution is 0.602. The Morgan fingerprint density at radius 2 is 2.05 bits per heavy atom. The Balaban J connectivity index is 1.96. The number of nitrogens with one attached hydrogen (secondary N) is 1. The standard InChI is InChI=1S/C17H19BrFNS/c1-12-4-3-5-17(6-12)21-11-16(20-2)9-13-7-14(18)10-15(19)8-13/h3-8,10,16,20H,9,11H2,1-2H3. The zero-order valence-corrected chi connectivity index (χ0v) is 14.6. The van der Waals surface area contributed by atoms with E-state index < -0.39 is 0 Å². The molecule has 0 bridgehead atoms. The maximum absolute atomic E-state index is 13.4. The van der Waals surface area contributed by atoms with Gasteiger partial charge >= 0.3 is 0 Å². The summed E-state index contributed by atoms with van der Waals surface area (Å²) in [5, 5.41) is 3.32. The Bertz CT molecular complexity index is 583. The molecular formula is C17H19BrFNS. The number of hydrogen-bond acceptors (Lipinski definition) is 2. The van der Waals surface area contributed by atoms with Crippen molar-refractivity contribution in [3.8, 4) is 0 Å². The average Bonchev–Trinajstić information content (AvgIpc) is 2.42. The molecule has 4 heteroatoms. The van der Waals surface area contributed by atoms with Crippen molar-refractivity contribution in [2.45, 2.75) is 24.3 Å². The van der Waals surface area contributed by atoms with Gasteiger partial charge in [0.15, 0.2) is 0 Å². The molecule has 112 valence electrons. The van der Waals surface area contributed by atoms with E-state index in [2.05, 4.69) is 52.4 Å². The Morgan fingerprint density at radius 1 is 1.24 bits per heavy atom. The minimum absolute atomic E-state index is 0.194. The zero-order chi connectivity index (χ0) is 15.2. The van der Waals surface area contributed by atoms with Crippen molar-refractivity contribution in [3.63, 3.8) is 0 Å². The smallest absolute Gasteiger partial charge is 0.124 e. The van der Waals surface area contributed by atoms with E-state index in [9.17, 15) is 4.39 Å². The van der Waals surface area contributed by atoms with Gasteiger partial charge in [-0.2, -0.15) is 0 Å². The lowest BCUT2D eigenvalue weighted by Crippen LogP contribution is -2.30. The fourth-order valence-electron chi connectivity index (χ4n) is 2.16. The number of aryl methyl sites for hydroxylation is 1. The molecule has 2 aromatic carbocycles. The van der Waals surface area contributed by atoms with Crippen LogP contribution in [0.25, 0.3) is 0 Å². The number of benzene rings is 2. The molecule has 0 fully saturated rings. The van der Waals surface area contributed by atoms with E-state index in [1.807, 2.05) is 24.9 Å². The molecule has 1 unspecified atom stereocenters. The molecule has 0 saturated carbocycles. The molecule has 0 spiro atoms. The van der Waals surface area contributed by atoms with Crippen LogP contribution in [0, 0.1) is 12.7 Å². The Labute approximate surface area is 138 Å². The van der Waals surface area contributed by atoms with Crippen molar-refractivity contribution < 1.29 is 4.39 Å². The van der Waals surface area contributed by atoms with Gasteiger partial charge in [-0.1, -0.05) is 33.6 Å². The molecule has 0 aliphatic rings. The van der Waals surface area contributed by atoms with Crippen LogP contribution in [0.5, 0.6) is 0 Å². The summed E-state index contributed by atoms with van der Waals surface area (Å²) in [4.78, 5) is 1.27. The van der Waals surface area contributed by atoms with Crippen molar-refractivity contribution in [1.29, 1.82) is 0 Å². The van der Waals surface area contributed by atoms with Crippen molar-refractivity contribution >= 4 is 27.7 Å². The first-order chi connectivity index (χ1) is 10.1. The molecule has 2 aromatic rings. The van der Waals surface area contributed by atoms with Crippen molar-refractivity contribution in [1.82, 2.24) is 5.32 Å². The number of rotatable bonds is 6. The van der Waals surface area contributed by atoms with E-state index in [4.69, 9.17) is 0 Å². The number of halogens is 2. The highest BCUT2D eigenvalue weighted by Gasteiger charge is 2.10. The first-order valence-corrected chi connectivity index (χ1v) is 8.66. The van der Waals surface area contributed by atoms with Gasteiger partial charge in [0.25, 0.3) is 0 Å². The van der Waals surface area contributed by atoms with Gasteiger partial charge in [0.1, 0.15) is 5.82 Å². The van der Waals surface area contributed by atoms with Crippen LogP contribution in [-0.4, -0.2) is 18.8 Å². The van der Waals surface area contributed by atoms with Crippen LogP contribution >= 0.6 is 27.7 Å². The van der Waals surface area contributed by atoms with Gasteiger partial charge < -0.3 is 5.32 Å². The van der Waals surface area contributed by atoms with Crippen molar-refractivity contribution in [2.24, 2.45) is 0 Å². The molecular weight excluding hydrogens is 349 g/mol. The van der Waals surface area contributed by atoms with Crippen LogP contribution in [-0.2, 0) is 6.42 Å². The molecule has 0 aromatic heterocycles. The summed E-state index contributed by atoms with van der Waals surface area (Å²) in [6.45, 7) is 2.10. The zero-order valence-electron chi connectivity index (χ0n) is 12.2. The molecule has 1 atom stereocenters. The van der Waals surface area contributed by atoms with Gasteiger partial charge in [-0.15, -0.1) is 11.8 Å². The van der Waals surface area contributed by atoms with Gasteiger partial charge in [-0.3, -0.25) is 0 Å². The molecule has 1 nitrogen and oxygen atoms in total. The second-order valence-electron chi connectivity index (χ2n) is 5.09. The largest absolute Gasteiger partial charge is 0.316 e. The molecule has 2 rings (SSSR count). The number of thioether (sulfide) groups is 1. The third kappa shape index (κ3) is 5.46. The quantitative estimate of drug-likeness (QED) is 0.734. The SMILES string of the molecule is CNC(CSc1cccc(C)c1)Cc1cc(F)cc(Br)c1. The lowest BCUT2D eigenvalue weighted by atomic mass is 10.1. The monoisotopic (exact) mass is 367 g/mol.